The summed E-state index contributed by atoms with van der Waals surface area (Å²) < 4.78 is 26.8. The van der Waals surface area contributed by atoms with Crippen molar-refractivity contribution in [1.29, 1.82) is 0 Å². The molecule has 0 saturated heterocycles. The molecule has 124 valence electrons. The second kappa shape index (κ2) is 6.09. The van der Waals surface area contributed by atoms with Crippen LogP contribution in [0.2, 0.25) is 0 Å². The average Bonchev–Trinajstić information content (AvgIpc) is 3.10. The zero-order chi connectivity index (χ0) is 17.3. The van der Waals surface area contributed by atoms with Crippen molar-refractivity contribution in [3.8, 4) is 0 Å². The minimum atomic E-state index is -0.667. The molecular formula is C20H15F2N3. The Balaban J connectivity index is 1.79. The van der Waals surface area contributed by atoms with Crippen LogP contribution in [0.4, 0.5) is 8.78 Å². The number of benzene rings is 2. The minimum absolute atomic E-state index is 0.300. The highest BCUT2D eigenvalue weighted by atomic mass is 19.1. The monoisotopic (exact) mass is 335 g/mol. The number of amidine groups is 1. The number of halogens is 2. The van der Waals surface area contributed by atoms with Crippen molar-refractivity contribution in [2.24, 2.45) is 4.99 Å². The molecule has 0 saturated carbocycles. The first kappa shape index (κ1) is 15.4. The molecule has 0 atom stereocenters. The second-order valence-electron chi connectivity index (χ2n) is 5.94. The summed E-state index contributed by atoms with van der Waals surface area (Å²) in [6, 6.07) is 16.4. The van der Waals surface area contributed by atoms with Crippen LogP contribution in [0.25, 0.3) is 0 Å². The highest BCUT2D eigenvalue weighted by molar-refractivity contribution is 6.00. The number of nitrogens with one attached hydrogen (secondary N) is 1. The molecule has 0 amide bonds. The summed E-state index contributed by atoms with van der Waals surface area (Å²) in [4.78, 5) is 8.67. The topological polar surface area (TPSA) is 37.3 Å². The van der Waals surface area contributed by atoms with E-state index in [4.69, 9.17) is 0 Å². The van der Waals surface area contributed by atoms with Crippen molar-refractivity contribution in [3.05, 3.63) is 101 Å². The van der Waals surface area contributed by atoms with Gasteiger partial charge in [-0.3, -0.25) is 9.98 Å². The van der Waals surface area contributed by atoms with E-state index >= 15 is 0 Å². The Morgan fingerprint density at radius 2 is 1.28 bits per heavy atom. The summed E-state index contributed by atoms with van der Waals surface area (Å²) in [6.07, 6.45) is 3.41. The first-order valence-corrected chi connectivity index (χ1v) is 7.92. The fourth-order valence-corrected chi connectivity index (χ4v) is 3.11. The normalized spacial score (nSPS) is 15.5. The predicted octanol–water partition coefficient (Wildman–Crippen LogP) is 3.65. The van der Waals surface area contributed by atoms with Gasteiger partial charge in [-0.2, -0.15) is 0 Å². The molecule has 0 unspecified atom stereocenters. The first-order chi connectivity index (χ1) is 12.2. The largest absolute Gasteiger partial charge is 0.355 e. The SMILES string of the molecule is Fc1ccc(C2(c3ccc(F)cc3)CN=C(c3ccncc3)N2)cc1. The van der Waals surface area contributed by atoms with Crippen LogP contribution in [-0.4, -0.2) is 17.4 Å². The standard InChI is InChI=1S/C20H15F2N3/c21-17-5-1-15(2-6-17)20(16-3-7-18(22)8-4-16)13-24-19(25-20)14-9-11-23-12-10-14/h1-12H,13H2,(H,24,25). The molecule has 2 heterocycles. The van der Waals surface area contributed by atoms with Crippen LogP contribution < -0.4 is 5.32 Å². The van der Waals surface area contributed by atoms with Crippen molar-refractivity contribution < 1.29 is 8.78 Å². The van der Waals surface area contributed by atoms with E-state index in [2.05, 4.69) is 15.3 Å². The zero-order valence-electron chi connectivity index (χ0n) is 13.3. The molecule has 0 aliphatic carbocycles. The van der Waals surface area contributed by atoms with Crippen molar-refractivity contribution in [2.45, 2.75) is 5.54 Å². The lowest BCUT2D eigenvalue weighted by molar-refractivity contribution is 0.520. The lowest BCUT2D eigenvalue weighted by Crippen LogP contribution is -2.44. The van der Waals surface area contributed by atoms with E-state index in [0.717, 1.165) is 22.5 Å². The maximum atomic E-state index is 13.4. The molecular weight excluding hydrogens is 320 g/mol. The summed E-state index contributed by atoms with van der Waals surface area (Å²) in [5.74, 6) is 0.133. The number of nitrogens with zero attached hydrogens (tertiary/aromatic N) is 2. The van der Waals surface area contributed by atoms with Gasteiger partial charge in [0.05, 0.1) is 6.54 Å². The molecule has 2 aromatic carbocycles. The van der Waals surface area contributed by atoms with Crippen LogP contribution >= 0.6 is 0 Å². The molecule has 0 radical (unpaired) electrons. The predicted molar refractivity (Wildman–Crippen MR) is 92.4 cm³/mol. The van der Waals surface area contributed by atoms with Crippen LogP contribution in [0.1, 0.15) is 16.7 Å². The van der Waals surface area contributed by atoms with Crippen molar-refractivity contribution in [1.82, 2.24) is 10.3 Å². The van der Waals surface area contributed by atoms with Crippen molar-refractivity contribution >= 4 is 5.84 Å². The second-order valence-corrected chi connectivity index (χ2v) is 5.94. The number of hydrogen-bond donors (Lipinski definition) is 1. The molecule has 0 fully saturated rings. The van der Waals surface area contributed by atoms with Crippen molar-refractivity contribution in [3.63, 3.8) is 0 Å². The quantitative estimate of drug-likeness (QED) is 0.793. The molecule has 4 rings (SSSR count). The lowest BCUT2D eigenvalue weighted by Gasteiger charge is -2.31. The molecule has 1 N–H and O–H groups in total. The number of aromatic nitrogens is 1. The van der Waals surface area contributed by atoms with Gasteiger partial charge < -0.3 is 5.32 Å². The van der Waals surface area contributed by atoms with Gasteiger partial charge in [-0.25, -0.2) is 8.78 Å². The number of aliphatic imine (C=N–C) groups is 1. The van der Waals surface area contributed by atoms with E-state index in [1.807, 2.05) is 12.1 Å². The Labute approximate surface area is 144 Å². The maximum absolute atomic E-state index is 13.4. The van der Waals surface area contributed by atoms with Gasteiger partial charge in [-0.05, 0) is 47.5 Å². The Kier molecular flexibility index (Phi) is 3.76. The van der Waals surface area contributed by atoms with Gasteiger partial charge in [0.2, 0.25) is 0 Å². The van der Waals surface area contributed by atoms with Gasteiger partial charge in [0.15, 0.2) is 0 Å². The fraction of sp³-hybridized carbons (Fsp3) is 0.100. The number of rotatable bonds is 3. The first-order valence-electron chi connectivity index (χ1n) is 7.92. The average molecular weight is 335 g/mol. The smallest absolute Gasteiger partial charge is 0.129 e. The molecule has 5 heteroatoms. The molecule has 25 heavy (non-hydrogen) atoms. The van der Waals surface area contributed by atoms with Crippen LogP contribution in [0.5, 0.6) is 0 Å². The Morgan fingerprint density at radius 3 is 1.80 bits per heavy atom. The van der Waals surface area contributed by atoms with E-state index < -0.39 is 5.54 Å². The fourth-order valence-electron chi connectivity index (χ4n) is 3.11. The summed E-state index contributed by atoms with van der Waals surface area (Å²) in [6.45, 7) is 0.432. The van der Waals surface area contributed by atoms with Crippen LogP contribution in [0.3, 0.4) is 0 Å². The third-order valence-electron chi connectivity index (χ3n) is 4.43. The number of hydrogen-bond acceptors (Lipinski definition) is 3. The number of pyridine rings is 1. The van der Waals surface area contributed by atoms with E-state index in [-0.39, 0.29) is 11.6 Å². The lowest BCUT2D eigenvalue weighted by atomic mass is 9.83. The van der Waals surface area contributed by atoms with Gasteiger partial charge in [-0.1, -0.05) is 24.3 Å². The van der Waals surface area contributed by atoms with Crippen LogP contribution in [0.15, 0.2) is 78.0 Å². The van der Waals surface area contributed by atoms with Crippen molar-refractivity contribution in [2.75, 3.05) is 6.54 Å². The molecule has 0 spiro atoms. The Hall–Kier alpha value is -3.08. The Morgan fingerprint density at radius 1 is 0.760 bits per heavy atom. The third kappa shape index (κ3) is 2.78. The maximum Gasteiger partial charge on any atom is 0.129 e. The summed E-state index contributed by atoms with van der Waals surface area (Å²) in [5.41, 5.74) is 1.99. The highest BCUT2D eigenvalue weighted by Crippen LogP contribution is 2.34. The molecule has 3 nitrogen and oxygen atoms in total. The molecule has 1 aromatic heterocycles. The van der Waals surface area contributed by atoms with E-state index in [1.165, 1.54) is 24.3 Å². The summed E-state index contributed by atoms with van der Waals surface area (Å²) >= 11 is 0. The molecule has 3 aromatic rings. The van der Waals surface area contributed by atoms with Gasteiger partial charge in [0.1, 0.15) is 23.0 Å². The molecule has 1 aliphatic rings. The van der Waals surface area contributed by atoms with E-state index in [9.17, 15) is 8.78 Å². The van der Waals surface area contributed by atoms with E-state index in [1.54, 1.807) is 36.7 Å². The summed E-state index contributed by atoms with van der Waals surface area (Å²) in [5, 5.41) is 3.47. The highest BCUT2D eigenvalue weighted by Gasteiger charge is 2.39. The van der Waals surface area contributed by atoms with Gasteiger partial charge in [0, 0.05) is 18.0 Å². The summed E-state index contributed by atoms with van der Waals surface area (Å²) in [7, 11) is 0. The van der Waals surface area contributed by atoms with E-state index in [0.29, 0.717) is 6.54 Å². The van der Waals surface area contributed by atoms with Gasteiger partial charge >= 0.3 is 0 Å². The molecule has 1 aliphatic heterocycles. The van der Waals surface area contributed by atoms with Gasteiger partial charge in [0.25, 0.3) is 0 Å². The van der Waals surface area contributed by atoms with Crippen LogP contribution in [-0.2, 0) is 5.54 Å². The van der Waals surface area contributed by atoms with Gasteiger partial charge in [-0.15, -0.1) is 0 Å². The van der Waals surface area contributed by atoms with Crippen LogP contribution in [0, 0.1) is 11.6 Å². The Bertz CT molecular complexity index is 858. The molecule has 0 bridgehead atoms. The third-order valence-corrected chi connectivity index (χ3v) is 4.43. The minimum Gasteiger partial charge on any atom is -0.355 e. The zero-order valence-corrected chi connectivity index (χ0v) is 13.3.